The number of hydrogen-bond acceptors (Lipinski definition) is 2. The second-order valence-corrected chi connectivity index (χ2v) is 5.39. The molecule has 1 aliphatic carbocycles. The first kappa shape index (κ1) is 13.6. The highest BCUT2D eigenvalue weighted by molar-refractivity contribution is 5.24. The second-order valence-electron chi connectivity index (χ2n) is 5.39. The minimum atomic E-state index is 0.0114. The summed E-state index contributed by atoms with van der Waals surface area (Å²) in [7, 11) is 0. The van der Waals surface area contributed by atoms with Gasteiger partial charge in [-0.15, -0.1) is 0 Å². The summed E-state index contributed by atoms with van der Waals surface area (Å²) in [6.07, 6.45) is 6.49. The number of nitrogens with two attached hydrogens (primary N) is 1. The number of benzene rings is 1. The Balaban J connectivity index is 1.74. The van der Waals surface area contributed by atoms with Gasteiger partial charge in [0.25, 0.3) is 0 Å². The molecule has 1 unspecified atom stereocenters. The maximum atomic E-state index is 6.15. The third-order valence-corrected chi connectivity index (χ3v) is 3.94. The van der Waals surface area contributed by atoms with E-state index in [9.17, 15) is 0 Å². The van der Waals surface area contributed by atoms with Crippen LogP contribution in [0.4, 0.5) is 0 Å². The van der Waals surface area contributed by atoms with Gasteiger partial charge in [0.2, 0.25) is 0 Å². The van der Waals surface area contributed by atoms with Gasteiger partial charge in [-0.2, -0.15) is 0 Å². The summed E-state index contributed by atoms with van der Waals surface area (Å²) in [5.74, 6) is 0.777. The summed E-state index contributed by atoms with van der Waals surface area (Å²) < 4.78 is 5.77. The Kier molecular flexibility index (Phi) is 5.21. The zero-order valence-electron chi connectivity index (χ0n) is 11.4. The van der Waals surface area contributed by atoms with Gasteiger partial charge in [-0.1, -0.05) is 44.0 Å². The molecule has 2 heteroatoms. The highest BCUT2D eigenvalue weighted by Gasteiger charge is 2.15. The van der Waals surface area contributed by atoms with Gasteiger partial charge in [-0.25, -0.2) is 0 Å². The quantitative estimate of drug-likeness (QED) is 0.835. The molecule has 1 aliphatic rings. The van der Waals surface area contributed by atoms with Crippen molar-refractivity contribution < 1.29 is 4.74 Å². The molecule has 0 bridgehead atoms. The van der Waals surface area contributed by atoms with Crippen molar-refractivity contribution in [1.29, 1.82) is 0 Å². The Morgan fingerprint density at radius 2 is 1.89 bits per heavy atom. The Labute approximate surface area is 111 Å². The van der Waals surface area contributed by atoms with E-state index in [1.54, 1.807) is 0 Å². The Morgan fingerprint density at radius 3 is 2.50 bits per heavy atom. The van der Waals surface area contributed by atoms with Crippen LogP contribution in [0.25, 0.3) is 0 Å². The van der Waals surface area contributed by atoms with E-state index in [4.69, 9.17) is 10.5 Å². The molecule has 2 nitrogen and oxygen atoms in total. The average molecular weight is 247 g/mol. The number of ether oxygens (including phenoxy) is 1. The van der Waals surface area contributed by atoms with E-state index in [-0.39, 0.29) is 6.04 Å². The van der Waals surface area contributed by atoms with Crippen LogP contribution in [0.2, 0.25) is 0 Å². The van der Waals surface area contributed by atoms with Crippen LogP contribution in [-0.4, -0.2) is 13.2 Å². The SMILES string of the molecule is CCc1ccc(C(N)COCC2CCCC2)cc1. The molecule has 2 rings (SSSR count). The molecule has 0 amide bonds. The summed E-state index contributed by atoms with van der Waals surface area (Å²) >= 11 is 0. The van der Waals surface area contributed by atoms with Crippen molar-refractivity contribution >= 4 is 0 Å². The fraction of sp³-hybridized carbons (Fsp3) is 0.625. The predicted molar refractivity (Wildman–Crippen MR) is 75.5 cm³/mol. The molecule has 1 aromatic carbocycles. The molecule has 2 N–H and O–H groups in total. The first-order chi connectivity index (χ1) is 8.79. The zero-order chi connectivity index (χ0) is 12.8. The molecule has 1 aromatic rings. The van der Waals surface area contributed by atoms with Crippen LogP contribution in [-0.2, 0) is 11.2 Å². The lowest BCUT2D eigenvalue weighted by Gasteiger charge is -2.15. The van der Waals surface area contributed by atoms with Crippen LogP contribution >= 0.6 is 0 Å². The van der Waals surface area contributed by atoms with Crippen LogP contribution in [0.3, 0.4) is 0 Å². The van der Waals surface area contributed by atoms with Crippen molar-refractivity contribution in [3.63, 3.8) is 0 Å². The normalized spacial score (nSPS) is 18.1. The van der Waals surface area contributed by atoms with Gasteiger partial charge in [0, 0.05) is 6.61 Å². The first-order valence-corrected chi connectivity index (χ1v) is 7.21. The number of aryl methyl sites for hydroxylation is 1. The summed E-state index contributed by atoms with van der Waals surface area (Å²) in [5, 5.41) is 0. The average Bonchev–Trinajstić information content (AvgIpc) is 2.92. The standard InChI is InChI=1S/C16H25NO/c1-2-13-7-9-15(10-8-13)16(17)12-18-11-14-5-3-4-6-14/h7-10,14,16H,2-6,11-12,17H2,1H3. The largest absolute Gasteiger partial charge is 0.379 e. The highest BCUT2D eigenvalue weighted by Crippen LogP contribution is 2.25. The van der Waals surface area contributed by atoms with E-state index in [1.807, 2.05) is 0 Å². The molecule has 0 radical (unpaired) electrons. The molecule has 0 saturated heterocycles. The summed E-state index contributed by atoms with van der Waals surface area (Å²) in [6, 6.07) is 8.58. The lowest BCUT2D eigenvalue weighted by molar-refractivity contribution is 0.0904. The molecule has 0 heterocycles. The van der Waals surface area contributed by atoms with Gasteiger partial charge < -0.3 is 10.5 Å². The van der Waals surface area contributed by atoms with E-state index >= 15 is 0 Å². The summed E-state index contributed by atoms with van der Waals surface area (Å²) in [5.41, 5.74) is 8.68. The van der Waals surface area contributed by atoms with Crippen molar-refractivity contribution in [3.8, 4) is 0 Å². The fourth-order valence-corrected chi connectivity index (χ4v) is 2.64. The summed E-state index contributed by atoms with van der Waals surface area (Å²) in [4.78, 5) is 0. The molecule has 0 aliphatic heterocycles. The van der Waals surface area contributed by atoms with E-state index in [2.05, 4.69) is 31.2 Å². The molecular formula is C16H25NO. The smallest absolute Gasteiger partial charge is 0.0659 e. The molecule has 0 aromatic heterocycles. The molecule has 1 saturated carbocycles. The Bertz CT molecular complexity index is 341. The molecule has 100 valence electrons. The van der Waals surface area contributed by atoms with Crippen LogP contribution in [0.1, 0.15) is 49.8 Å². The Hall–Kier alpha value is -0.860. The van der Waals surface area contributed by atoms with Gasteiger partial charge in [-0.3, -0.25) is 0 Å². The van der Waals surface area contributed by atoms with Crippen LogP contribution < -0.4 is 5.73 Å². The van der Waals surface area contributed by atoms with Gasteiger partial charge in [0.15, 0.2) is 0 Å². The minimum absolute atomic E-state index is 0.0114. The van der Waals surface area contributed by atoms with Crippen molar-refractivity contribution in [2.45, 2.75) is 45.1 Å². The predicted octanol–water partition coefficient (Wildman–Crippen LogP) is 3.46. The monoisotopic (exact) mass is 247 g/mol. The minimum Gasteiger partial charge on any atom is -0.379 e. The zero-order valence-corrected chi connectivity index (χ0v) is 11.4. The topological polar surface area (TPSA) is 35.2 Å². The van der Waals surface area contributed by atoms with E-state index in [1.165, 1.54) is 36.8 Å². The van der Waals surface area contributed by atoms with Crippen LogP contribution in [0.15, 0.2) is 24.3 Å². The maximum absolute atomic E-state index is 6.15. The van der Waals surface area contributed by atoms with Crippen molar-refractivity contribution in [2.75, 3.05) is 13.2 Å². The number of rotatable bonds is 6. The van der Waals surface area contributed by atoms with Gasteiger partial charge in [-0.05, 0) is 36.3 Å². The van der Waals surface area contributed by atoms with Crippen LogP contribution in [0.5, 0.6) is 0 Å². The second kappa shape index (κ2) is 6.91. The lowest BCUT2D eigenvalue weighted by atomic mass is 10.0. The van der Waals surface area contributed by atoms with Crippen LogP contribution in [0, 0.1) is 5.92 Å². The Morgan fingerprint density at radius 1 is 1.22 bits per heavy atom. The van der Waals surface area contributed by atoms with Gasteiger partial charge in [0.1, 0.15) is 0 Å². The molecular weight excluding hydrogens is 222 g/mol. The summed E-state index contributed by atoms with van der Waals surface area (Å²) in [6.45, 7) is 3.70. The molecule has 1 atom stereocenters. The van der Waals surface area contributed by atoms with Crippen molar-refractivity contribution in [2.24, 2.45) is 11.7 Å². The van der Waals surface area contributed by atoms with E-state index in [0.717, 1.165) is 18.9 Å². The van der Waals surface area contributed by atoms with Gasteiger partial charge >= 0.3 is 0 Å². The lowest BCUT2D eigenvalue weighted by Crippen LogP contribution is -2.19. The van der Waals surface area contributed by atoms with Crippen molar-refractivity contribution in [1.82, 2.24) is 0 Å². The van der Waals surface area contributed by atoms with E-state index in [0.29, 0.717) is 6.61 Å². The number of hydrogen-bond donors (Lipinski definition) is 1. The first-order valence-electron chi connectivity index (χ1n) is 7.21. The fourth-order valence-electron chi connectivity index (χ4n) is 2.64. The third kappa shape index (κ3) is 3.82. The van der Waals surface area contributed by atoms with E-state index < -0.39 is 0 Å². The van der Waals surface area contributed by atoms with Gasteiger partial charge in [0.05, 0.1) is 12.6 Å². The molecule has 1 fully saturated rings. The highest BCUT2D eigenvalue weighted by atomic mass is 16.5. The third-order valence-electron chi connectivity index (χ3n) is 3.94. The molecule has 0 spiro atoms. The maximum Gasteiger partial charge on any atom is 0.0659 e. The molecule has 18 heavy (non-hydrogen) atoms. The van der Waals surface area contributed by atoms with Crippen molar-refractivity contribution in [3.05, 3.63) is 35.4 Å².